The summed E-state index contributed by atoms with van der Waals surface area (Å²) in [5.41, 5.74) is 6.46. The van der Waals surface area contributed by atoms with Gasteiger partial charge in [0.1, 0.15) is 18.1 Å². The van der Waals surface area contributed by atoms with E-state index in [1.54, 1.807) is 60.7 Å². The number of aromatic nitrogens is 2. The van der Waals surface area contributed by atoms with E-state index < -0.39 is 5.91 Å². The Labute approximate surface area is 176 Å². The summed E-state index contributed by atoms with van der Waals surface area (Å²) in [6, 6.07) is 19.9. The Hall–Kier alpha value is -4.46. The first kappa shape index (κ1) is 19.8. The molecule has 1 amide bonds. The Morgan fingerprint density at radius 2 is 1.77 bits per heavy atom. The molecule has 0 atom stereocenters. The lowest BCUT2D eigenvalue weighted by molar-refractivity contribution is 0.0995. The maximum absolute atomic E-state index is 13.1. The molecule has 3 N–H and O–H groups in total. The third-order valence-corrected chi connectivity index (χ3v) is 4.55. The molecule has 0 radical (unpaired) electrons. The van der Waals surface area contributed by atoms with Gasteiger partial charge in [-0.2, -0.15) is 9.78 Å². The molecule has 31 heavy (non-hydrogen) atoms. The second-order valence-electron chi connectivity index (χ2n) is 6.65. The lowest BCUT2D eigenvalue weighted by Crippen LogP contribution is -2.24. The topological polar surface area (TPSA) is 120 Å². The minimum absolute atomic E-state index is 0.114. The highest BCUT2D eigenvalue weighted by molar-refractivity contribution is 5.95. The fourth-order valence-corrected chi connectivity index (χ4v) is 3.01. The van der Waals surface area contributed by atoms with E-state index in [-0.39, 0.29) is 35.1 Å². The van der Waals surface area contributed by atoms with Gasteiger partial charge in [0.05, 0.1) is 22.7 Å². The smallest absolute Gasteiger partial charge is 0.282 e. The van der Waals surface area contributed by atoms with E-state index in [0.29, 0.717) is 16.5 Å². The summed E-state index contributed by atoms with van der Waals surface area (Å²) in [6.07, 6.45) is 1.48. The second-order valence-corrected chi connectivity index (χ2v) is 6.65. The number of carbonyl (C=O) groups is 1. The highest BCUT2D eigenvalue weighted by atomic mass is 16.5. The number of para-hydroxylation sites is 2. The van der Waals surface area contributed by atoms with Crippen LogP contribution in [0.5, 0.6) is 11.5 Å². The number of aromatic hydroxyl groups is 1. The molecule has 1 heterocycles. The van der Waals surface area contributed by atoms with Crippen LogP contribution in [0.15, 0.2) is 82.7 Å². The van der Waals surface area contributed by atoms with Crippen molar-refractivity contribution >= 4 is 23.0 Å². The normalized spacial score (nSPS) is 11.1. The number of fused-ring (bicyclic) bond motifs is 1. The highest BCUT2D eigenvalue weighted by Gasteiger charge is 2.13. The Balaban J connectivity index is 1.75. The number of primary amides is 1. The zero-order chi connectivity index (χ0) is 21.8. The van der Waals surface area contributed by atoms with Crippen LogP contribution in [0.4, 0.5) is 0 Å². The molecule has 0 aliphatic rings. The number of phenols is 1. The number of rotatable bonds is 6. The van der Waals surface area contributed by atoms with Gasteiger partial charge >= 0.3 is 0 Å². The number of benzene rings is 3. The summed E-state index contributed by atoms with van der Waals surface area (Å²) >= 11 is 0. The Bertz CT molecular complexity index is 1340. The molecule has 0 saturated carbocycles. The Morgan fingerprint density at radius 1 is 1.06 bits per heavy atom. The fraction of sp³-hybridized carbons (Fsp3) is 0.0435. The third kappa shape index (κ3) is 4.27. The molecule has 0 saturated heterocycles. The Morgan fingerprint density at radius 3 is 2.55 bits per heavy atom. The van der Waals surface area contributed by atoms with Gasteiger partial charge in [-0.15, -0.1) is 0 Å². The van der Waals surface area contributed by atoms with Crippen LogP contribution in [0, 0.1) is 0 Å². The molecule has 3 aromatic carbocycles. The van der Waals surface area contributed by atoms with E-state index in [2.05, 4.69) is 10.1 Å². The van der Waals surface area contributed by atoms with E-state index in [4.69, 9.17) is 10.5 Å². The first-order valence-corrected chi connectivity index (χ1v) is 9.38. The third-order valence-electron chi connectivity index (χ3n) is 4.55. The summed E-state index contributed by atoms with van der Waals surface area (Å²) < 4.78 is 6.92. The maximum Gasteiger partial charge on any atom is 0.282 e. The Kier molecular flexibility index (Phi) is 5.44. The average Bonchev–Trinajstić information content (AvgIpc) is 2.78. The van der Waals surface area contributed by atoms with Crippen molar-refractivity contribution in [1.82, 2.24) is 9.66 Å². The molecule has 4 aromatic rings. The van der Waals surface area contributed by atoms with Gasteiger partial charge in [-0.25, -0.2) is 4.98 Å². The number of carbonyl (C=O) groups excluding carboxylic acids is 1. The predicted molar refractivity (Wildman–Crippen MR) is 116 cm³/mol. The van der Waals surface area contributed by atoms with Gasteiger partial charge < -0.3 is 15.6 Å². The van der Waals surface area contributed by atoms with Gasteiger partial charge in [0.2, 0.25) is 0 Å². The number of nitrogens with two attached hydrogens (primary N) is 1. The predicted octanol–water partition coefficient (Wildman–Crippen LogP) is 2.66. The summed E-state index contributed by atoms with van der Waals surface area (Å²) in [4.78, 5) is 29.2. The van der Waals surface area contributed by atoms with Gasteiger partial charge in [0.15, 0.2) is 5.82 Å². The van der Waals surface area contributed by atoms with Crippen LogP contribution in [0.1, 0.15) is 21.7 Å². The van der Waals surface area contributed by atoms with E-state index in [1.165, 1.54) is 18.3 Å². The van der Waals surface area contributed by atoms with E-state index in [0.717, 1.165) is 4.68 Å². The van der Waals surface area contributed by atoms with E-state index >= 15 is 0 Å². The molecule has 0 spiro atoms. The van der Waals surface area contributed by atoms with Crippen molar-refractivity contribution in [3.63, 3.8) is 0 Å². The van der Waals surface area contributed by atoms with Crippen LogP contribution in [0.25, 0.3) is 10.9 Å². The summed E-state index contributed by atoms with van der Waals surface area (Å²) in [7, 11) is 0. The van der Waals surface area contributed by atoms with Crippen molar-refractivity contribution < 1.29 is 14.6 Å². The molecule has 0 bridgehead atoms. The van der Waals surface area contributed by atoms with Crippen LogP contribution in [0.2, 0.25) is 0 Å². The minimum atomic E-state index is -0.621. The summed E-state index contributed by atoms with van der Waals surface area (Å²) in [6.45, 7) is -0.114. The van der Waals surface area contributed by atoms with Crippen molar-refractivity contribution in [3.05, 3.63) is 100 Å². The molecule has 0 aliphatic carbocycles. The van der Waals surface area contributed by atoms with Gasteiger partial charge in [-0.05, 0) is 54.1 Å². The van der Waals surface area contributed by atoms with Crippen molar-refractivity contribution in [2.75, 3.05) is 0 Å². The zero-order valence-electron chi connectivity index (χ0n) is 16.3. The molecule has 0 fully saturated rings. The quantitative estimate of drug-likeness (QED) is 0.470. The number of hydrogen-bond donors (Lipinski definition) is 2. The summed E-state index contributed by atoms with van der Waals surface area (Å²) in [5.74, 6) is 0.0400. The molecule has 4 rings (SSSR count). The molecular formula is C23H18N4O4. The van der Waals surface area contributed by atoms with E-state index in [1.807, 2.05) is 0 Å². The zero-order valence-corrected chi connectivity index (χ0v) is 16.3. The highest BCUT2D eigenvalue weighted by Crippen LogP contribution is 2.19. The lowest BCUT2D eigenvalue weighted by atomic mass is 10.2. The molecular weight excluding hydrogens is 396 g/mol. The maximum atomic E-state index is 13.1. The van der Waals surface area contributed by atoms with Crippen LogP contribution >= 0.6 is 0 Å². The first-order chi connectivity index (χ1) is 15.0. The largest absolute Gasteiger partial charge is 0.508 e. The number of amides is 1. The van der Waals surface area contributed by atoms with Crippen LogP contribution < -0.4 is 16.0 Å². The molecule has 8 heteroatoms. The molecule has 154 valence electrons. The second kappa shape index (κ2) is 8.50. The minimum Gasteiger partial charge on any atom is -0.508 e. The van der Waals surface area contributed by atoms with Crippen LogP contribution in [-0.4, -0.2) is 26.9 Å². The molecule has 0 aliphatic heterocycles. The van der Waals surface area contributed by atoms with Crippen molar-refractivity contribution in [2.45, 2.75) is 6.61 Å². The van der Waals surface area contributed by atoms with Crippen LogP contribution in [-0.2, 0) is 6.61 Å². The number of phenolic OH excluding ortho intramolecular Hbond substituents is 1. The van der Waals surface area contributed by atoms with Gasteiger partial charge in [0.25, 0.3) is 11.5 Å². The molecule has 1 aromatic heterocycles. The summed E-state index contributed by atoms with van der Waals surface area (Å²) in [5, 5.41) is 14.1. The number of nitrogens with zero attached hydrogens (tertiary/aromatic N) is 3. The average molecular weight is 414 g/mol. The van der Waals surface area contributed by atoms with Crippen molar-refractivity contribution in [3.8, 4) is 11.5 Å². The van der Waals surface area contributed by atoms with Crippen LogP contribution in [0.3, 0.4) is 0 Å². The standard InChI is InChI=1S/C23H18N4O4/c24-22(29)18-6-2-4-8-20(18)31-14-21-26-19-7-3-1-5-17(19)23(30)27(21)25-13-15-9-11-16(28)12-10-15/h1-13,28H,14H2,(H2,24,29)/b25-13-. The van der Waals surface area contributed by atoms with Crippen molar-refractivity contribution in [2.24, 2.45) is 10.8 Å². The SMILES string of the molecule is NC(=O)c1ccccc1OCc1nc2ccccc2c(=O)n1/N=C\c1ccc(O)cc1. The van der Waals surface area contributed by atoms with Gasteiger partial charge in [-0.3, -0.25) is 9.59 Å². The first-order valence-electron chi connectivity index (χ1n) is 9.38. The van der Waals surface area contributed by atoms with Gasteiger partial charge in [-0.1, -0.05) is 24.3 Å². The van der Waals surface area contributed by atoms with Gasteiger partial charge in [0, 0.05) is 0 Å². The molecule has 0 unspecified atom stereocenters. The molecule has 8 nitrogen and oxygen atoms in total. The van der Waals surface area contributed by atoms with Crippen molar-refractivity contribution in [1.29, 1.82) is 0 Å². The number of hydrogen-bond acceptors (Lipinski definition) is 6. The van der Waals surface area contributed by atoms with E-state index in [9.17, 15) is 14.7 Å². The number of ether oxygens (including phenoxy) is 1. The fourth-order valence-electron chi connectivity index (χ4n) is 3.01. The monoisotopic (exact) mass is 414 g/mol. The lowest BCUT2D eigenvalue weighted by Gasteiger charge is -2.12.